The first kappa shape index (κ1) is 34.8. The van der Waals surface area contributed by atoms with Crippen molar-refractivity contribution in [1.29, 1.82) is 0 Å². The highest BCUT2D eigenvalue weighted by Crippen LogP contribution is 2.35. The number of amides is 1. The number of nitrogens with one attached hydrogen (secondary N) is 2. The van der Waals surface area contributed by atoms with Gasteiger partial charge in [0.05, 0.1) is 35.4 Å². The maximum Gasteiger partial charge on any atom is 0.416 e. The zero-order valence-electron chi connectivity index (χ0n) is 27.2. The van der Waals surface area contributed by atoms with Gasteiger partial charge in [0.15, 0.2) is 0 Å². The third kappa shape index (κ3) is 7.61. The van der Waals surface area contributed by atoms with Crippen molar-refractivity contribution in [3.63, 3.8) is 0 Å². The maximum atomic E-state index is 14.1. The average molecular weight is 670 g/mol. The van der Waals surface area contributed by atoms with E-state index in [-0.39, 0.29) is 44.0 Å². The Morgan fingerprint density at radius 1 is 1.12 bits per heavy atom. The molecule has 0 bridgehead atoms. The molecule has 48 heavy (non-hydrogen) atoms. The molecule has 2 aromatic heterocycles. The zero-order chi connectivity index (χ0) is 34.9. The minimum Gasteiger partial charge on any atom is -0.481 e. The van der Waals surface area contributed by atoms with E-state index in [0.29, 0.717) is 22.7 Å². The predicted octanol–water partition coefficient (Wildman–Crippen LogP) is 6.14. The van der Waals surface area contributed by atoms with E-state index in [1.165, 1.54) is 6.33 Å². The molecule has 9 nitrogen and oxygen atoms in total. The van der Waals surface area contributed by atoms with E-state index in [2.05, 4.69) is 15.3 Å². The van der Waals surface area contributed by atoms with Gasteiger partial charge in [0, 0.05) is 37.5 Å². The second-order valence-electron chi connectivity index (χ2n) is 13.0. The van der Waals surface area contributed by atoms with Crippen molar-refractivity contribution in [2.75, 3.05) is 19.6 Å². The standard InChI is InChI=1S/C35H39F4N5O4/c1-19(2)10-29(44-15-22(8-9-43-16-24(36)17-43)26(13-30(44)45)35(37,38)39)34(48)42-27(14-31(46)47)25-11-23(12-28-33(25)41-18-40-28)32-20(3)6-5-7-21(32)4/h5-7,11-13,15,18-19,24,27,29H,8-10,14,16-17H2,1-4H3,(H,40,41)(H,42,48)(H,46,47)/t27-,29+/m1/s1. The number of aryl methyl sites for hydroxylation is 2. The Labute approximate surface area is 275 Å². The minimum absolute atomic E-state index is 0.0895. The number of hydrogen-bond donors (Lipinski definition) is 3. The Morgan fingerprint density at radius 3 is 2.42 bits per heavy atom. The fourth-order valence-corrected chi connectivity index (χ4v) is 6.50. The number of nitrogens with zero attached hydrogens (tertiary/aromatic N) is 3. The van der Waals surface area contributed by atoms with Crippen molar-refractivity contribution < 1.29 is 32.3 Å². The lowest BCUT2D eigenvalue weighted by Crippen LogP contribution is -2.49. The molecule has 4 aromatic rings. The number of benzene rings is 2. The summed E-state index contributed by atoms with van der Waals surface area (Å²) in [6, 6.07) is 7.72. The van der Waals surface area contributed by atoms with Crippen molar-refractivity contribution in [1.82, 2.24) is 24.8 Å². The molecule has 3 N–H and O–H groups in total. The van der Waals surface area contributed by atoms with Gasteiger partial charge in [-0.05, 0) is 72.6 Å². The molecule has 5 rings (SSSR count). The number of rotatable bonds is 12. The van der Waals surface area contributed by atoms with Crippen LogP contribution in [0.25, 0.3) is 22.2 Å². The number of carbonyl (C=O) groups is 2. The molecule has 2 aromatic carbocycles. The summed E-state index contributed by atoms with van der Waals surface area (Å²) in [6.07, 6.45) is -3.83. The molecule has 256 valence electrons. The zero-order valence-corrected chi connectivity index (χ0v) is 27.2. The normalized spacial score (nSPS) is 15.4. The van der Waals surface area contributed by atoms with Crippen molar-refractivity contribution in [2.24, 2.45) is 5.92 Å². The Morgan fingerprint density at radius 2 is 1.81 bits per heavy atom. The topological polar surface area (TPSA) is 120 Å². The third-order valence-corrected chi connectivity index (χ3v) is 8.81. The number of likely N-dealkylation sites (tertiary alicyclic amines) is 1. The van der Waals surface area contributed by atoms with Gasteiger partial charge in [-0.1, -0.05) is 32.0 Å². The van der Waals surface area contributed by atoms with Crippen molar-refractivity contribution in [3.05, 3.63) is 87.1 Å². The summed E-state index contributed by atoms with van der Waals surface area (Å²) in [7, 11) is 0. The summed E-state index contributed by atoms with van der Waals surface area (Å²) >= 11 is 0. The summed E-state index contributed by atoms with van der Waals surface area (Å²) in [5.41, 5.74) is 2.92. The van der Waals surface area contributed by atoms with Crippen LogP contribution in [-0.2, 0) is 22.2 Å². The predicted molar refractivity (Wildman–Crippen MR) is 173 cm³/mol. The molecule has 1 fully saturated rings. The van der Waals surface area contributed by atoms with Gasteiger partial charge in [0.25, 0.3) is 5.56 Å². The number of fused-ring (bicyclic) bond motifs is 1. The number of hydrogen-bond acceptors (Lipinski definition) is 5. The van der Waals surface area contributed by atoms with E-state index in [1.807, 2.05) is 52.0 Å². The Hall–Kier alpha value is -4.52. The molecule has 1 saturated heterocycles. The summed E-state index contributed by atoms with van der Waals surface area (Å²) in [5, 5.41) is 12.7. The van der Waals surface area contributed by atoms with Gasteiger partial charge in [-0.3, -0.25) is 19.3 Å². The van der Waals surface area contributed by atoms with Gasteiger partial charge in [-0.2, -0.15) is 13.2 Å². The number of aliphatic carboxylic acids is 1. The van der Waals surface area contributed by atoms with Gasteiger partial charge in [0.1, 0.15) is 12.2 Å². The molecule has 0 saturated carbocycles. The highest BCUT2D eigenvalue weighted by Gasteiger charge is 2.36. The van der Waals surface area contributed by atoms with Crippen LogP contribution in [0, 0.1) is 19.8 Å². The number of aromatic nitrogens is 3. The molecule has 0 unspecified atom stereocenters. The quantitative estimate of drug-likeness (QED) is 0.156. The highest BCUT2D eigenvalue weighted by atomic mass is 19.4. The molecule has 1 aliphatic heterocycles. The number of carboxylic acids is 1. The first-order chi connectivity index (χ1) is 22.6. The van der Waals surface area contributed by atoms with Gasteiger partial charge >= 0.3 is 12.1 Å². The van der Waals surface area contributed by atoms with Crippen LogP contribution < -0.4 is 10.9 Å². The number of imidazole rings is 1. The number of carbonyl (C=O) groups excluding carboxylic acids is 1. The van der Waals surface area contributed by atoms with Gasteiger partial charge in [0.2, 0.25) is 5.91 Å². The second kappa shape index (κ2) is 13.9. The first-order valence-electron chi connectivity index (χ1n) is 15.9. The first-order valence-corrected chi connectivity index (χ1v) is 15.9. The summed E-state index contributed by atoms with van der Waals surface area (Å²) in [5.74, 6) is -2.08. The van der Waals surface area contributed by atoms with Crippen molar-refractivity contribution in [3.8, 4) is 11.1 Å². The second-order valence-corrected chi connectivity index (χ2v) is 13.0. The minimum atomic E-state index is -4.82. The summed E-state index contributed by atoms with van der Waals surface area (Å²) in [4.78, 5) is 48.7. The van der Waals surface area contributed by atoms with Crippen LogP contribution in [-0.4, -0.2) is 62.2 Å². The molecule has 2 atom stereocenters. The average Bonchev–Trinajstić information content (AvgIpc) is 3.45. The number of halogens is 4. The molecule has 0 spiro atoms. The van der Waals surface area contributed by atoms with Crippen LogP contribution in [0.4, 0.5) is 17.6 Å². The Bertz CT molecular complexity index is 1860. The van der Waals surface area contributed by atoms with Crippen LogP contribution in [0.5, 0.6) is 0 Å². The molecule has 1 aliphatic rings. The molecule has 0 aliphatic carbocycles. The lowest BCUT2D eigenvalue weighted by Gasteiger charge is -2.34. The van der Waals surface area contributed by atoms with Crippen LogP contribution in [0.15, 0.2) is 53.7 Å². The molecular weight excluding hydrogens is 630 g/mol. The van der Waals surface area contributed by atoms with E-state index in [0.717, 1.165) is 33.0 Å². The molecule has 1 amide bonds. The van der Waals surface area contributed by atoms with E-state index in [1.54, 1.807) is 11.0 Å². The fourth-order valence-electron chi connectivity index (χ4n) is 6.50. The van der Waals surface area contributed by atoms with Gasteiger partial charge < -0.3 is 20.0 Å². The molecule has 0 radical (unpaired) electrons. The van der Waals surface area contributed by atoms with E-state index < -0.39 is 53.9 Å². The van der Waals surface area contributed by atoms with Gasteiger partial charge in [-0.25, -0.2) is 9.37 Å². The summed E-state index contributed by atoms with van der Waals surface area (Å²) < 4.78 is 56.5. The number of alkyl halides is 4. The number of H-pyrrole nitrogens is 1. The highest BCUT2D eigenvalue weighted by molar-refractivity contribution is 5.88. The lowest BCUT2D eigenvalue weighted by atomic mass is 9.91. The molecule has 13 heteroatoms. The summed E-state index contributed by atoms with van der Waals surface area (Å²) in [6.45, 7) is 7.94. The number of aromatic amines is 1. The van der Waals surface area contributed by atoms with Crippen LogP contribution in [0.1, 0.15) is 66.6 Å². The maximum absolute atomic E-state index is 14.1. The number of carboxylic acid groups (broad SMARTS) is 1. The van der Waals surface area contributed by atoms with Crippen LogP contribution in [0.3, 0.4) is 0 Å². The largest absolute Gasteiger partial charge is 0.481 e. The monoisotopic (exact) mass is 669 g/mol. The fraction of sp³-hybridized carbons (Fsp3) is 0.429. The van der Waals surface area contributed by atoms with Crippen molar-refractivity contribution in [2.45, 2.75) is 71.4 Å². The molecule has 3 heterocycles. The molecular formula is C35H39F4N5O4. The third-order valence-electron chi connectivity index (χ3n) is 8.81. The Balaban J connectivity index is 1.55. The lowest BCUT2D eigenvalue weighted by molar-refractivity contribution is -0.139. The van der Waals surface area contributed by atoms with E-state index in [9.17, 15) is 37.1 Å². The van der Waals surface area contributed by atoms with Crippen LogP contribution in [0.2, 0.25) is 0 Å². The number of pyridine rings is 1. The SMILES string of the molecule is Cc1cccc(C)c1-c1cc([C@@H](CC(=O)O)NC(=O)[C@H](CC(C)C)n2cc(CCN3CC(F)C3)c(C(F)(F)F)cc2=O)c2nc[nH]c2c1. The van der Waals surface area contributed by atoms with E-state index >= 15 is 0 Å². The van der Waals surface area contributed by atoms with E-state index in [4.69, 9.17) is 0 Å². The van der Waals surface area contributed by atoms with Gasteiger partial charge in [-0.15, -0.1) is 0 Å². The Kier molecular flexibility index (Phi) is 10.1. The van der Waals surface area contributed by atoms with Crippen LogP contribution >= 0.6 is 0 Å². The smallest absolute Gasteiger partial charge is 0.416 e. The van der Waals surface area contributed by atoms with Crippen molar-refractivity contribution >= 4 is 22.9 Å².